The number of carbonyl (C=O) groups is 1. The molecule has 1 aliphatic rings. The molecule has 0 N–H and O–H groups in total. The van der Waals surface area contributed by atoms with E-state index in [1.54, 1.807) is 0 Å². The molecule has 0 aromatic carbocycles. The molecule has 0 amide bonds. The molecule has 0 unspecified atom stereocenters. The first-order valence-electron chi connectivity index (χ1n) is 6.82. The van der Waals surface area contributed by atoms with Crippen LogP contribution in [0.3, 0.4) is 0 Å². The molecular formula is C14H23N3OS. The third kappa shape index (κ3) is 3.34. The molecule has 0 radical (unpaired) electrons. The number of hydrogen-bond donors (Lipinski definition) is 0. The van der Waals surface area contributed by atoms with Gasteiger partial charge in [-0.15, -0.1) is 0 Å². The summed E-state index contributed by atoms with van der Waals surface area (Å²) in [5, 5.41) is 1.00. The fourth-order valence-corrected chi connectivity index (χ4v) is 3.45. The van der Waals surface area contributed by atoms with E-state index in [2.05, 4.69) is 37.6 Å². The lowest BCUT2D eigenvalue weighted by atomic mass is 9.91. The van der Waals surface area contributed by atoms with Crippen molar-refractivity contribution in [3.8, 4) is 0 Å². The number of hydrogen-bond acceptors (Lipinski definition) is 5. The summed E-state index contributed by atoms with van der Waals surface area (Å²) in [5.74, 6) is 0. The lowest BCUT2D eigenvalue weighted by Crippen LogP contribution is -2.28. The summed E-state index contributed by atoms with van der Waals surface area (Å²) in [6, 6.07) is 0. The van der Waals surface area contributed by atoms with Gasteiger partial charge in [0.2, 0.25) is 0 Å². The Morgan fingerprint density at radius 2 is 1.95 bits per heavy atom. The normalized spacial score (nSPS) is 18.4. The van der Waals surface area contributed by atoms with Crippen molar-refractivity contribution in [2.75, 3.05) is 38.1 Å². The van der Waals surface area contributed by atoms with Crippen LogP contribution in [0.2, 0.25) is 0 Å². The highest BCUT2D eigenvalue weighted by Gasteiger charge is 2.25. The largest absolute Gasteiger partial charge is 0.347 e. The zero-order chi connectivity index (χ0) is 14.0. The van der Waals surface area contributed by atoms with Gasteiger partial charge in [-0.05, 0) is 20.0 Å². The third-order valence-corrected chi connectivity index (χ3v) is 4.49. The molecule has 1 aromatic rings. The molecule has 19 heavy (non-hydrogen) atoms. The van der Waals surface area contributed by atoms with Gasteiger partial charge in [0, 0.05) is 25.0 Å². The molecule has 0 saturated carbocycles. The van der Waals surface area contributed by atoms with Crippen molar-refractivity contribution in [1.82, 2.24) is 9.88 Å². The standard InChI is InChI=1S/C14H23N3OS/c1-14(2,3)12-11(10-18)19-13(15-12)17-7-5-6-16(4)8-9-17/h10H,5-9H2,1-4H3. The van der Waals surface area contributed by atoms with Gasteiger partial charge in [-0.3, -0.25) is 4.79 Å². The van der Waals surface area contributed by atoms with E-state index in [9.17, 15) is 4.79 Å². The zero-order valence-electron chi connectivity index (χ0n) is 12.3. The van der Waals surface area contributed by atoms with Crippen LogP contribution in [0.4, 0.5) is 5.13 Å². The van der Waals surface area contributed by atoms with E-state index >= 15 is 0 Å². The minimum atomic E-state index is -0.0758. The van der Waals surface area contributed by atoms with Crippen molar-refractivity contribution in [2.24, 2.45) is 0 Å². The Hall–Kier alpha value is -0.940. The summed E-state index contributed by atoms with van der Waals surface area (Å²) in [7, 11) is 2.16. The second-order valence-electron chi connectivity index (χ2n) is 6.22. The summed E-state index contributed by atoms with van der Waals surface area (Å²) < 4.78 is 0. The Morgan fingerprint density at radius 3 is 2.53 bits per heavy atom. The van der Waals surface area contributed by atoms with Crippen LogP contribution in [-0.4, -0.2) is 49.4 Å². The molecule has 0 spiro atoms. The molecule has 0 aliphatic carbocycles. The highest BCUT2D eigenvalue weighted by atomic mass is 32.1. The number of rotatable bonds is 2. The molecular weight excluding hydrogens is 258 g/mol. The van der Waals surface area contributed by atoms with Gasteiger partial charge in [-0.1, -0.05) is 32.1 Å². The number of likely N-dealkylation sites (N-methyl/N-ethyl adjacent to an activating group) is 1. The van der Waals surface area contributed by atoms with Crippen molar-refractivity contribution in [3.05, 3.63) is 10.6 Å². The van der Waals surface area contributed by atoms with Crippen molar-refractivity contribution < 1.29 is 4.79 Å². The van der Waals surface area contributed by atoms with Gasteiger partial charge in [0.1, 0.15) is 0 Å². The molecule has 1 aliphatic heterocycles. The van der Waals surface area contributed by atoms with E-state index in [-0.39, 0.29) is 5.41 Å². The third-order valence-electron chi connectivity index (χ3n) is 3.45. The van der Waals surface area contributed by atoms with Crippen LogP contribution in [0.1, 0.15) is 42.6 Å². The predicted molar refractivity (Wildman–Crippen MR) is 80.5 cm³/mol. The lowest BCUT2D eigenvalue weighted by Gasteiger charge is -2.20. The van der Waals surface area contributed by atoms with Crippen LogP contribution in [0, 0.1) is 0 Å². The van der Waals surface area contributed by atoms with Gasteiger partial charge in [-0.25, -0.2) is 4.98 Å². The minimum Gasteiger partial charge on any atom is -0.347 e. The van der Waals surface area contributed by atoms with E-state index in [0.29, 0.717) is 0 Å². The van der Waals surface area contributed by atoms with Gasteiger partial charge in [0.05, 0.1) is 10.6 Å². The van der Waals surface area contributed by atoms with E-state index in [4.69, 9.17) is 4.98 Å². The molecule has 0 atom stereocenters. The maximum atomic E-state index is 11.2. The van der Waals surface area contributed by atoms with Crippen LogP contribution >= 0.6 is 11.3 Å². The Labute approximate surface area is 119 Å². The molecule has 0 bridgehead atoms. The summed E-state index contributed by atoms with van der Waals surface area (Å²) in [6.07, 6.45) is 2.10. The molecule has 2 heterocycles. The smallest absolute Gasteiger partial charge is 0.186 e. The number of nitrogens with zero attached hydrogens (tertiary/aromatic N) is 3. The lowest BCUT2D eigenvalue weighted by molar-refractivity contribution is 0.112. The Kier molecular flexibility index (Phi) is 4.26. The highest BCUT2D eigenvalue weighted by molar-refractivity contribution is 7.17. The predicted octanol–water partition coefficient (Wildman–Crippen LogP) is 2.40. The monoisotopic (exact) mass is 281 g/mol. The Bertz CT molecular complexity index is 450. The second-order valence-corrected chi connectivity index (χ2v) is 7.23. The molecule has 2 rings (SSSR count). The quantitative estimate of drug-likeness (QED) is 0.780. The van der Waals surface area contributed by atoms with Gasteiger partial charge in [0.15, 0.2) is 11.4 Å². The average Bonchev–Trinajstić information content (AvgIpc) is 2.66. The van der Waals surface area contributed by atoms with Crippen molar-refractivity contribution in [1.29, 1.82) is 0 Å². The van der Waals surface area contributed by atoms with Gasteiger partial charge < -0.3 is 9.80 Å². The number of thiazole rings is 1. The van der Waals surface area contributed by atoms with Gasteiger partial charge in [-0.2, -0.15) is 0 Å². The number of aldehydes is 1. The van der Waals surface area contributed by atoms with E-state index in [1.165, 1.54) is 11.3 Å². The summed E-state index contributed by atoms with van der Waals surface area (Å²) >= 11 is 1.53. The van der Waals surface area contributed by atoms with Crippen molar-refractivity contribution in [3.63, 3.8) is 0 Å². The van der Waals surface area contributed by atoms with Crippen LogP contribution in [0.15, 0.2) is 0 Å². The maximum absolute atomic E-state index is 11.2. The number of carbonyl (C=O) groups excluding carboxylic acids is 1. The summed E-state index contributed by atoms with van der Waals surface area (Å²) in [6.45, 7) is 10.5. The zero-order valence-corrected chi connectivity index (χ0v) is 13.1. The number of aromatic nitrogens is 1. The van der Waals surface area contributed by atoms with E-state index in [0.717, 1.165) is 54.6 Å². The highest BCUT2D eigenvalue weighted by Crippen LogP contribution is 2.33. The van der Waals surface area contributed by atoms with E-state index < -0.39 is 0 Å². The number of anilines is 1. The van der Waals surface area contributed by atoms with E-state index in [1.807, 2.05) is 0 Å². The Balaban J connectivity index is 2.25. The molecule has 1 saturated heterocycles. The van der Waals surface area contributed by atoms with Crippen LogP contribution in [-0.2, 0) is 5.41 Å². The first kappa shape index (κ1) is 14.5. The molecule has 5 heteroatoms. The molecule has 1 aromatic heterocycles. The van der Waals surface area contributed by atoms with Gasteiger partial charge in [0.25, 0.3) is 0 Å². The second kappa shape index (κ2) is 5.59. The molecule has 106 valence electrons. The summed E-state index contributed by atoms with van der Waals surface area (Å²) in [4.78, 5) is 21.4. The fraction of sp³-hybridized carbons (Fsp3) is 0.714. The minimum absolute atomic E-state index is 0.0758. The topological polar surface area (TPSA) is 36.4 Å². The van der Waals surface area contributed by atoms with Crippen molar-refractivity contribution >= 4 is 22.8 Å². The van der Waals surface area contributed by atoms with Crippen LogP contribution in [0.25, 0.3) is 0 Å². The van der Waals surface area contributed by atoms with Crippen LogP contribution < -0.4 is 4.90 Å². The first-order valence-corrected chi connectivity index (χ1v) is 7.63. The molecule has 1 fully saturated rings. The maximum Gasteiger partial charge on any atom is 0.186 e. The van der Waals surface area contributed by atoms with Crippen molar-refractivity contribution in [2.45, 2.75) is 32.6 Å². The SMILES string of the molecule is CN1CCCN(c2nc(C(C)(C)C)c(C=O)s2)CC1. The van der Waals surface area contributed by atoms with Gasteiger partial charge >= 0.3 is 0 Å². The molecule has 4 nitrogen and oxygen atoms in total. The average molecular weight is 281 g/mol. The Morgan fingerprint density at radius 1 is 1.21 bits per heavy atom. The fourth-order valence-electron chi connectivity index (χ4n) is 2.31. The first-order chi connectivity index (χ1) is 8.91. The van der Waals surface area contributed by atoms with Crippen LogP contribution in [0.5, 0.6) is 0 Å². The summed E-state index contributed by atoms with van der Waals surface area (Å²) in [5.41, 5.74) is 0.855.